The van der Waals surface area contributed by atoms with Gasteiger partial charge in [-0.05, 0) is 12.3 Å². The van der Waals surface area contributed by atoms with E-state index < -0.39 is 79.2 Å². The topological polar surface area (TPSA) is 251 Å². The molecular formula is C17H29N5O9. The number of carboxylic acids is 2. The molecule has 4 unspecified atom stereocenters. The average molecular weight is 447 g/mol. The first-order valence-electron chi connectivity index (χ1n) is 9.28. The number of primary amides is 1. The first-order valence-corrected chi connectivity index (χ1v) is 9.28. The average Bonchev–Trinajstić information content (AvgIpc) is 2.62. The fourth-order valence-corrected chi connectivity index (χ4v) is 2.40. The van der Waals surface area contributed by atoms with Gasteiger partial charge in [-0.25, -0.2) is 4.79 Å². The summed E-state index contributed by atoms with van der Waals surface area (Å²) >= 11 is 0. The Morgan fingerprint density at radius 3 is 1.71 bits per heavy atom. The Labute approximate surface area is 177 Å². The number of rotatable bonds is 14. The standard InChI is InChI=1S/C17H29N5O9/c1-7(2)3-9(20-14(27)8(18)4-13(25)26)15(28)21-10(5-12(19)24)16(29)22-11(6-23)17(30)31/h7-11,23H,3-6,18H2,1-2H3,(H2,19,24)(H,20,27)(H,21,28)(H,22,29)(H,25,26)(H,30,31). The molecular weight excluding hydrogens is 418 g/mol. The Morgan fingerprint density at radius 2 is 1.29 bits per heavy atom. The van der Waals surface area contributed by atoms with E-state index >= 15 is 0 Å². The highest BCUT2D eigenvalue weighted by Crippen LogP contribution is 2.07. The SMILES string of the molecule is CC(C)CC(NC(=O)C(N)CC(=O)O)C(=O)NC(CC(N)=O)C(=O)NC(CO)C(=O)O. The Morgan fingerprint density at radius 1 is 0.806 bits per heavy atom. The van der Waals surface area contributed by atoms with Crippen molar-refractivity contribution in [2.75, 3.05) is 6.61 Å². The summed E-state index contributed by atoms with van der Waals surface area (Å²) in [6.07, 6.45) is -1.28. The zero-order chi connectivity index (χ0) is 24.3. The summed E-state index contributed by atoms with van der Waals surface area (Å²) < 4.78 is 0. The van der Waals surface area contributed by atoms with Gasteiger partial charge in [0, 0.05) is 0 Å². The zero-order valence-electron chi connectivity index (χ0n) is 17.2. The number of hydrogen-bond acceptors (Lipinski definition) is 8. The summed E-state index contributed by atoms with van der Waals surface area (Å²) in [4.78, 5) is 70.0. The molecule has 10 N–H and O–H groups in total. The van der Waals surface area contributed by atoms with Crippen molar-refractivity contribution < 1.29 is 44.1 Å². The second kappa shape index (κ2) is 13.1. The van der Waals surface area contributed by atoms with E-state index in [1.165, 1.54) is 0 Å². The summed E-state index contributed by atoms with van der Waals surface area (Å²) in [5, 5.41) is 33.1. The number of aliphatic carboxylic acids is 2. The quantitative estimate of drug-likeness (QED) is 0.129. The van der Waals surface area contributed by atoms with Gasteiger partial charge < -0.3 is 42.7 Å². The highest BCUT2D eigenvalue weighted by atomic mass is 16.4. The van der Waals surface area contributed by atoms with Crippen LogP contribution in [0, 0.1) is 5.92 Å². The Hall–Kier alpha value is -3.26. The van der Waals surface area contributed by atoms with Crippen LogP contribution in [-0.2, 0) is 28.8 Å². The lowest BCUT2D eigenvalue weighted by Gasteiger charge is -2.25. The van der Waals surface area contributed by atoms with Crippen molar-refractivity contribution >= 4 is 35.6 Å². The molecule has 0 spiro atoms. The summed E-state index contributed by atoms with van der Waals surface area (Å²) in [5.74, 6) is -6.87. The van der Waals surface area contributed by atoms with Gasteiger partial charge in [-0.15, -0.1) is 0 Å². The van der Waals surface area contributed by atoms with Gasteiger partial charge in [0.1, 0.15) is 18.1 Å². The molecule has 0 saturated heterocycles. The van der Waals surface area contributed by atoms with Crippen molar-refractivity contribution in [3.63, 3.8) is 0 Å². The van der Waals surface area contributed by atoms with Crippen molar-refractivity contribution in [1.82, 2.24) is 16.0 Å². The van der Waals surface area contributed by atoms with Crippen LogP contribution in [0.25, 0.3) is 0 Å². The lowest BCUT2D eigenvalue weighted by Crippen LogP contribution is -2.58. The molecule has 0 bridgehead atoms. The van der Waals surface area contributed by atoms with Gasteiger partial charge in [0.15, 0.2) is 0 Å². The van der Waals surface area contributed by atoms with E-state index in [2.05, 4.69) is 10.6 Å². The lowest BCUT2D eigenvalue weighted by atomic mass is 10.0. The van der Waals surface area contributed by atoms with E-state index in [0.717, 1.165) is 0 Å². The molecule has 0 aromatic rings. The number of nitrogens with two attached hydrogens (primary N) is 2. The Bertz CT molecular complexity index is 697. The van der Waals surface area contributed by atoms with Gasteiger partial charge in [-0.3, -0.25) is 24.0 Å². The largest absolute Gasteiger partial charge is 0.481 e. The second-order valence-corrected chi connectivity index (χ2v) is 7.21. The van der Waals surface area contributed by atoms with Crippen LogP contribution < -0.4 is 27.4 Å². The Balaban J connectivity index is 5.45. The molecule has 14 heteroatoms. The van der Waals surface area contributed by atoms with E-state index in [0.29, 0.717) is 0 Å². The molecule has 4 amide bonds. The zero-order valence-corrected chi connectivity index (χ0v) is 17.2. The molecule has 0 saturated carbocycles. The summed E-state index contributed by atoms with van der Waals surface area (Å²) in [7, 11) is 0. The maximum absolute atomic E-state index is 12.7. The molecule has 0 aliphatic carbocycles. The molecule has 0 fully saturated rings. The third-order valence-corrected chi connectivity index (χ3v) is 3.91. The maximum Gasteiger partial charge on any atom is 0.328 e. The van der Waals surface area contributed by atoms with Crippen LogP contribution in [0.2, 0.25) is 0 Å². The first kappa shape index (κ1) is 27.7. The van der Waals surface area contributed by atoms with Crippen LogP contribution in [0.1, 0.15) is 33.1 Å². The molecule has 31 heavy (non-hydrogen) atoms. The van der Waals surface area contributed by atoms with Crippen molar-refractivity contribution in [1.29, 1.82) is 0 Å². The summed E-state index contributed by atoms with van der Waals surface area (Å²) in [6, 6.07) is -5.92. The van der Waals surface area contributed by atoms with Crippen molar-refractivity contribution in [3.05, 3.63) is 0 Å². The van der Waals surface area contributed by atoms with Gasteiger partial charge in [0.2, 0.25) is 23.6 Å². The summed E-state index contributed by atoms with van der Waals surface area (Å²) in [6.45, 7) is 2.53. The fourth-order valence-electron chi connectivity index (χ4n) is 2.40. The van der Waals surface area contributed by atoms with Crippen molar-refractivity contribution in [2.24, 2.45) is 17.4 Å². The molecule has 0 aliphatic rings. The van der Waals surface area contributed by atoms with E-state index in [1.54, 1.807) is 13.8 Å². The van der Waals surface area contributed by atoms with Gasteiger partial charge in [0.25, 0.3) is 0 Å². The monoisotopic (exact) mass is 447 g/mol. The smallest absolute Gasteiger partial charge is 0.328 e. The number of nitrogens with one attached hydrogen (secondary N) is 3. The number of aliphatic hydroxyl groups is 1. The number of carboxylic acid groups (broad SMARTS) is 2. The van der Waals surface area contributed by atoms with E-state index in [-0.39, 0.29) is 12.3 Å². The van der Waals surface area contributed by atoms with Gasteiger partial charge >= 0.3 is 11.9 Å². The number of amides is 4. The third-order valence-electron chi connectivity index (χ3n) is 3.91. The van der Waals surface area contributed by atoms with Crippen molar-refractivity contribution in [3.8, 4) is 0 Å². The van der Waals surface area contributed by atoms with Crippen LogP contribution in [0.3, 0.4) is 0 Å². The lowest BCUT2D eigenvalue weighted by molar-refractivity contribution is -0.143. The second-order valence-electron chi connectivity index (χ2n) is 7.21. The third kappa shape index (κ3) is 10.9. The number of carbonyl (C=O) groups excluding carboxylic acids is 4. The van der Waals surface area contributed by atoms with Crippen LogP contribution >= 0.6 is 0 Å². The number of hydrogen-bond donors (Lipinski definition) is 8. The fraction of sp³-hybridized carbons (Fsp3) is 0.647. The number of carbonyl (C=O) groups is 6. The maximum atomic E-state index is 12.7. The van der Waals surface area contributed by atoms with Gasteiger partial charge in [0.05, 0.1) is 25.5 Å². The minimum absolute atomic E-state index is 0.0800. The predicted octanol–water partition coefficient (Wildman–Crippen LogP) is -3.76. The molecule has 4 atom stereocenters. The molecule has 176 valence electrons. The molecule has 0 radical (unpaired) electrons. The molecule has 0 heterocycles. The van der Waals surface area contributed by atoms with E-state index in [1.807, 2.05) is 5.32 Å². The normalized spacial score (nSPS) is 14.6. The molecule has 14 nitrogen and oxygen atoms in total. The molecule has 0 aliphatic heterocycles. The van der Waals surface area contributed by atoms with E-state index in [9.17, 15) is 28.8 Å². The number of aliphatic hydroxyl groups excluding tert-OH is 1. The highest BCUT2D eigenvalue weighted by molar-refractivity contribution is 5.96. The van der Waals surface area contributed by atoms with Crippen LogP contribution in [0.4, 0.5) is 0 Å². The van der Waals surface area contributed by atoms with Gasteiger partial charge in [-0.2, -0.15) is 0 Å². The Kier molecular flexibility index (Phi) is 11.7. The van der Waals surface area contributed by atoms with Gasteiger partial charge in [-0.1, -0.05) is 13.8 Å². The van der Waals surface area contributed by atoms with Crippen molar-refractivity contribution in [2.45, 2.75) is 57.3 Å². The molecule has 0 aromatic carbocycles. The first-order chi connectivity index (χ1) is 14.3. The molecule has 0 aromatic heterocycles. The minimum atomic E-state index is -1.68. The molecule has 0 rings (SSSR count). The van der Waals surface area contributed by atoms with Crippen LogP contribution in [0.15, 0.2) is 0 Å². The van der Waals surface area contributed by atoms with Crippen LogP contribution in [-0.4, -0.2) is 81.7 Å². The van der Waals surface area contributed by atoms with E-state index in [4.69, 9.17) is 26.8 Å². The predicted molar refractivity (Wildman–Crippen MR) is 104 cm³/mol. The summed E-state index contributed by atoms with van der Waals surface area (Å²) in [5.41, 5.74) is 10.6. The minimum Gasteiger partial charge on any atom is -0.481 e. The highest BCUT2D eigenvalue weighted by Gasteiger charge is 2.31. The van der Waals surface area contributed by atoms with Crippen LogP contribution in [0.5, 0.6) is 0 Å².